The molecule has 16 heavy (non-hydrogen) atoms. The summed E-state index contributed by atoms with van der Waals surface area (Å²) in [6, 6.07) is 3.80. The van der Waals surface area contributed by atoms with Gasteiger partial charge in [0.2, 0.25) is 0 Å². The molecule has 0 radical (unpaired) electrons. The quantitative estimate of drug-likeness (QED) is 0.568. The number of carbonyl (C=O) groups is 1. The van der Waals surface area contributed by atoms with Crippen molar-refractivity contribution < 1.29 is 73.9 Å². The van der Waals surface area contributed by atoms with E-state index in [4.69, 9.17) is 11.6 Å². The Balaban J connectivity index is 0.00000225. The molecule has 0 fully saturated rings. The van der Waals surface area contributed by atoms with Crippen LogP contribution in [0.1, 0.15) is 10.4 Å². The monoisotopic (exact) mass is 276 g/mol. The Hall–Kier alpha value is 0.471. The van der Waals surface area contributed by atoms with Gasteiger partial charge in [-0.15, -0.1) is 0 Å². The van der Waals surface area contributed by atoms with Crippen molar-refractivity contribution in [1.29, 1.82) is 0 Å². The van der Waals surface area contributed by atoms with Gasteiger partial charge in [-0.2, -0.15) is 0 Å². The first-order chi connectivity index (χ1) is 6.92. The van der Waals surface area contributed by atoms with E-state index in [1.807, 2.05) is 0 Å². The van der Waals surface area contributed by atoms with Gasteiger partial charge < -0.3 is 17.7 Å². The number of hydrogen-bond acceptors (Lipinski definition) is 2. The van der Waals surface area contributed by atoms with Gasteiger partial charge in [-0.25, -0.2) is 0 Å². The number of carbonyl (C=O) groups excluding carboxylic acids is 1. The molecule has 0 spiro atoms. The van der Waals surface area contributed by atoms with Gasteiger partial charge in [-0.3, -0.25) is 4.79 Å². The molecular formula is C8H6BClF3KO2. The fraction of sp³-hybridized carbons (Fsp3) is 0.125. The van der Waals surface area contributed by atoms with Gasteiger partial charge in [0, 0.05) is 5.56 Å². The Morgan fingerprint density at radius 1 is 1.38 bits per heavy atom. The van der Waals surface area contributed by atoms with E-state index in [0.29, 0.717) is 6.29 Å². The third-order valence-electron chi connectivity index (χ3n) is 1.52. The Morgan fingerprint density at radius 2 is 2.00 bits per heavy atom. The second-order valence-corrected chi connectivity index (χ2v) is 3.24. The Kier molecular flexibility index (Phi) is 7.23. The Labute approximate surface area is 138 Å². The van der Waals surface area contributed by atoms with Crippen LogP contribution >= 0.6 is 11.6 Å². The molecule has 0 saturated carbocycles. The zero-order valence-corrected chi connectivity index (χ0v) is 12.3. The van der Waals surface area contributed by atoms with Crippen LogP contribution in [-0.2, 0) is 0 Å². The topological polar surface area (TPSA) is 26.3 Å². The smallest absolute Gasteiger partial charge is 0.520 e. The summed E-state index contributed by atoms with van der Waals surface area (Å²) in [5.41, 5.74) is 0.282. The van der Waals surface area contributed by atoms with E-state index >= 15 is 0 Å². The van der Waals surface area contributed by atoms with E-state index in [9.17, 15) is 17.7 Å². The third-order valence-corrected chi connectivity index (χ3v) is 1.82. The molecule has 1 rings (SSSR count). The molecule has 1 aromatic carbocycles. The summed E-state index contributed by atoms with van der Waals surface area (Å²) in [5.74, 6) is -0.0820. The maximum absolute atomic E-state index is 11.9. The number of benzene rings is 1. The molecule has 0 aliphatic rings. The molecule has 0 aliphatic carbocycles. The number of ether oxygens (including phenoxy) is 1. The maximum atomic E-state index is 11.9. The van der Waals surface area contributed by atoms with Gasteiger partial charge >= 0.3 is 58.4 Å². The molecule has 0 aromatic heterocycles. The first kappa shape index (κ1) is 16.5. The van der Waals surface area contributed by atoms with E-state index in [2.05, 4.69) is 4.74 Å². The largest absolute Gasteiger partial charge is 1.00 e. The summed E-state index contributed by atoms with van der Waals surface area (Å²) in [7, 11) is 0. The fourth-order valence-electron chi connectivity index (χ4n) is 0.892. The minimum absolute atomic E-state index is 0. The van der Waals surface area contributed by atoms with E-state index < -0.39 is 13.5 Å². The average Bonchev–Trinajstić information content (AvgIpc) is 2.14. The molecule has 1 aromatic rings. The number of rotatable bonds is 4. The summed E-state index contributed by atoms with van der Waals surface area (Å²) >= 11 is 5.59. The van der Waals surface area contributed by atoms with Crippen LogP contribution in [-0.4, -0.2) is 19.8 Å². The van der Waals surface area contributed by atoms with E-state index in [-0.39, 0.29) is 67.7 Å². The molecule has 0 unspecified atom stereocenters. The van der Waals surface area contributed by atoms with E-state index in [0.717, 1.165) is 0 Å². The van der Waals surface area contributed by atoms with Crippen molar-refractivity contribution in [1.82, 2.24) is 0 Å². The van der Waals surface area contributed by atoms with Crippen molar-refractivity contribution in [3.63, 3.8) is 0 Å². The molecule has 0 amide bonds. The molecule has 0 bridgehead atoms. The van der Waals surface area contributed by atoms with E-state index in [1.54, 1.807) is 0 Å². The molecule has 0 aliphatic heterocycles. The van der Waals surface area contributed by atoms with Crippen molar-refractivity contribution >= 4 is 24.9 Å². The van der Waals surface area contributed by atoms with Gasteiger partial charge in [0.1, 0.15) is 12.0 Å². The molecule has 2 nitrogen and oxygen atoms in total. The average molecular weight is 276 g/mol. The second-order valence-electron chi connectivity index (χ2n) is 2.83. The summed E-state index contributed by atoms with van der Waals surface area (Å²) < 4.78 is 40.0. The van der Waals surface area contributed by atoms with Gasteiger partial charge in [-0.05, 0) is 18.2 Å². The van der Waals surface area contributed by atoms with Gasteiger partial charge in [0.05, 0.1) is 11.5 Å². The van der Waals surface area contributed by atoms with Gasteiger partial charge in [0.15, 0.2) is 0 Å². The maximum Gasteiger partial charge on any atom is 1.00 e. The molecule has 0 heterocycles. The second kappa shape index (κ2) is 7.03. The fourth-order valence-corrected chi connectivity index (χ4v) is 1.14. The van der Waals surface area contributed by atoms with Crippen molar-refractivity contribution in [3.05, 3.63) is 28.8 Å². The van der Waals surface area contributed by atoms with Crippen LogP contribution in [0.25, 0.3) is 0 Å². The molecular weight excluding hydrogens is 270 g/mol. The van der Waals surface area contributed by atoms with Crippen LogP contribution in [0.5, 0.6) is 5.75 Å². The standard InChI is InChI=1S/C8H6BClF3O2.K/c10-7-3-6(4-14)1-2-8(7)15-5-9(11,12)13;/h1-4H,5H2;/q-1;+1. The van der Waals surface area contributed by atoms with Crippen molar-refractivity contribution in [2.24, 2.45) is 0 Å². The van der Waals surface area contributed by atoms with E-state index in [1.165, 1.54) is 18.2 Å². The normalized spacial score (nSPS) is 10.5. The van der Waals surface area contributed by atoms with Crippen LogP contribution in [0, 0.1) is 0 Å². The zero-order chi connectivity index (χ0) is 11.5. The predicted octanol–water partition coefficient (Wildman–Crippen LogP) is -0.0781. The molecule has 0 N–H and O–H groups in total. The minimum atomic E-state index is -5.01. The summed E-state index contributed by atoms with van der Waals surface area (Å²) in [5, 5.41) is -0.0142. The zero-order valence-electron chi connectivity index (χ0n) is 8.42. The number of halogens is 4. The first-order valence-electron chi connectivity index (χ1n) is 4.01. The molecule has 0 saturated heterocycles. The predicted molar refractivity (Wildman–Crippen MR) is 51.4 cm³/mol. The minimum Gasteiger partial charge on any atom is -0.520 e. The van der Waals surface area contributed by atoms with Crippen LogP contribution < -0.4 is 56.1 Å². The SMILES string of the molecule is O=Cc1ccc(OC[B-](F)(F)F)c(Cl)c1.[K+]. The number of hydrogen-bond donors (Lipinski definition) is 0. The summed E-state index contributed by atoms with van der Waals surface area (Å²) in [4.78, 5) is 10.3. The summed E-state index contributed by atoms with van der Waals surface area (Å²) in [6.07, 6.45) is 0.545. The van der Waals surface area contributed by atoms with Crippen molar-refractivity contribution in [3.8, 4) is 5.75 Å². The molecule has 8 heteroatoms. The first-order valence-corrected chi connectivity index (χ1v) is 4.39. The molecule has 0 atom stereocenters. The van der Waals surface area contributed by atoms with Crippen LogP contribution in [0.2, 0.25) is 5.02 Å². The van der Waals surface area contributed by atoms with Crippen LogP contribution in [0.4, 0.5) is 12.9 Å². The van der Waals surface area contributed by atoms with Crippen molar-refractivity contribution in [2.45, 2.75) is 0 Å². The Morgan fingerprint density at radius 3 is 2.44 bits per heavy atom. The van der Waals surface area contributed by atoms with Crippen LogP contribution in [0.15, 0.2) is 18.2 Å². The molecule has 82 valence electrons. The van der Waals surface area contributed by atoms with Gasteiger partial charge in [0.25, 0.3) is 0 Å². The Bertz CT molecular complexity index is 373. The number of aldehydes is 1. The van der Waals surface area contributed by atoms with Gasteiger partial charge in [-0.1, -0.05) is 11.6 Å². The van der Waals surface area contributed by atoms with Crippen LogP contribution in [0.3, 0.4) is 0 Å². The third kappa shape index (κ3) is 5.70. The summed E-state index contributed by atoms with van der Waals surface area (Å²) in [6.45, 7) is -6.35. The van der Waals surface area contributed by atoms with Crippen molar-refractivity contribution in [2.75, 3.05) is 6.51 Å².